The van der Waals surface area contributed by atoms with Crippen LogP contribution in [0.15, 0.2) is 24.3 Å². The third-order valence-electron chi connectivity index (χ3n) is 4.37. The molecule has 20 heavy (non-hydrogen) atoms. The second kappa shape index (κ2) is 5.83. The zero-order valence-electron chi connectivity index (χ0n) is 12.5. The van der Waals surface area contributed by atoms with E-state index in [1.54, 1.807) is 7.05 Å². The third kappa shape index (κ3) is 2.80. The minimum absolute atomic E-state index is 0.238. The lowest BCUT2D eigenvalue weighted by Gasteiger charge is -2.34. The van der Waals surface area contributed by atoms with Crippen molar-refractivity contribution >= 4 is 11.7 Å². The van der Waals surface area contributed by atoms with E-state index in [0.717, 1.165) is 24.9 Å². The molecule has 2 rings (SSSR count). The molecule has 1 aromatic rings. The average Bonchev–Trinajstić information content (AvgIpc) is 3.29. The largest absolute Gasteiger partial charge is 0.480 e. The molecule has 0 bridgehead atoms. The van der Waals surface area contributed by atoms with Crippen molar-refractivity contribution in [1.82, 2.24) is 5.32 Å². The molecule has 4 heteroatoms. The van der Waals surface area contributed by atoms with Crippen molar-refractivity contribution in [3.63, 3.8) is 0 Å². The first-order valence-electron chi connectivity index (χ1n) is 7.26. The average molecular weight is 276 g/mol. The number of carboxylic acid groups (broad SMARTS) is 1. The normalized spacial score (nSPS) is 17.6. The molecule has 1 aliphatic carbocycles. The molecule has 2 N–H and O–H groups in total. The molecular formula is C16H24N2O2. The quantitative estimate of drug-likeness (QED) is 0.801. The van der Waals surface area contributed by atoms with Crippen LogP contribution in [0.1, 0.15) is 25.3 Å². The summed E-state index contributed by atoms with van der Waals surface area (Å²) in [6.45, 7) is 2.61. The van der Waals surface area contributed by atoms with Crippen molar-refractivity contribution < 1.29 is 9.90 Å². The van der Waals surface area contributed by atoms with Gasteiger partial charge in [0.15, 0.2) is 0 Å². The number of rotatable bonds is 7. The van der Waals surface area contributed by atoms with Gasteiger partial charge < -0.3 is 15.3 Å². The minimum atomic E-state index is -0.835. The van der Waals surface area contributed by atoms with Gasteiger partial charge in [-0.15, -0.1) is 0 Å². The SMILES string of the molecule is CCc1ccc(N(C)CC(NC)(C(=O)O)C2CC2)cc1. The van der Waals surface area contributed by atoms with E-state index in [-0.39, 0.29) is 5.92 Å². The highest BCUT2D eigenvalue weighted by atomic mass is 16.4. The summed E-state index contributed by atoms with van der Waals surface area (Å²) in [6, 6.07) is 8.33. The fourth-order valence-corrected chi connectivity index (χ4v) is 2.79. The van der Waals surface area contributed by atoms with Crippen molar-refractivity contribution in [3.8, 4) is 0 Å². The van der Waals surface area contributed by atoms with Gasteiger partial charge in [0.25, 0.3) is 0 Å². The number of hydrogen-bond acceptors (Lipinski definition) is 3. The Bertz CT molecular complexity index is 468. The first kappa shape index (κ1) is 14.9. The molecule has 1 fully saturated rings. The van der Waals surface area contributed by atoms with Crippen LogP contribution in [-0.4, -0.2) is 37.3 Å². The predicted molar refractivity (Wildman–Crippen MR) is 81.2 cm³/mol. The van der Waals surface area contributed by atoms with Crippen molar-refractivity contribution in [2.75, 3.05) is 25.5 Å². The van der Waals surface area contributed by atoms with Crippen LogP contribution in [0, 0.1) is 5.92 Å². The molecule has 0 saturated heterocycles. The Hall–Kier alpha value is -1.55. The van der Waals surface area contributed by atoms with E-state index in [9.17, 15) is 9.90 Å². The van der Waals surface area contributed by atoms with Crippen molar-refractivity contribution in [2.24, 2.45) is 5.92 Å². The molecule has 1 aliphatic rings. The van der Waals surface area contributed by atoms with E-state index in [4.69, 9.17) is 0 Å². The number of carboxylic acids is 1. The number of benzene rings is 1. The van der Waals surface area contributed by atoms with E-state index >= 15 is 0 Å². The lowest BCUT2D eigenvalue weighted by Crippen LogP contribution is -2.59. The van der Waals surface area contributed by atoms with Gasteiger partial charge in [-0.25, -0.2) is 0 Å². The second-order valence-corrected chi connectivity index (χ2v) is 5.68. The van der Waals surface area contributed by atoms with Gasteiger partial charge in [0.05, 0.1) is 0 Å². The Morgan fingerprint density at radius 2 is 2.00 bits per heavy atom. The summed E-state index contributed by atoms with van der Waals surface area (Å²) < 4.78 is 0. The standard InChI is InChI=1S/C16H24N2O2/c1-4-12-5-9-14(10-6-12)18(3)11-16(17-2,15(19)20)13-7-8-13/h5-6,9-10,13,17H,4,7-8,11H2,1-3H3,(H,19,20). The lowest BCUT2D eigenvalue weighted by molar-refractivity contribution is -0.145. The van der Waals surface area contributed by atoms with Gasteiger partial charge in [0.2, 0.25) is 0 Å². The van der Waals surface area contributed by atoms with Gasteiger partial charge in [0, 0.05) is 19.3 Å². The van der Waals surface area contributed by atoms with E-state index < -0.39 is 11.5 Å². The first-order valence-corrected chi connectivity index (χ1v) is 7.26. The maximum Gasteiger partial charge on any atom is 0.326 e. The van der Waals surface area contributed by atoms with E-state index in [1.807, 2.05) is 11.9 Å². The molecule has 0 aromatic heterocycles. The highest BCUT2D eigenvalue weighted by Crippen LogP contribution is 2.40. The van der Waals surface area contributed by atoms with Crippen LogP contribution in [0.4, 0.5) is 5.69 Å². The summed E-state index contributed by atoms with van der Waals surface area (Å²) in [5.41, 5.74) is 1.52. The van der Waals surface area contributed by atoms with Crippen molar-refractivity contribution in [3.05, 3.63) is 29.8 Å². The zero-order valence-corrected chi connectivity index (χ0v) is 12.5. The Labute approximate surface area is 120 Å². The van der Waals surface area contributed by atoms with E-state index in [0.29, 0.717) is 6.54 Å². The van der Waals surface area contributed by atoms with Gasteiger partial charge in [0.1, 0.15) is 5.54 Å². The van der Waals surface area contributed by atoms with Crippen molar-refractivity contribution in [1.29, 1.82) is 0 Å². The number of nitrogens with one attached hydrogen (secondary N) is 1. The Morgan fingerprint density at radius 1 is 1.40 bits per heavy atom. The molecule has 0 spiro atoms. The Kier molecular flexibility index (Phi) is 4.33. The van der Waals surface area contributed by atoms with Crippen LogP contribution in [0.5, 0.6) is 0 Å². The minimum Gasteiger partial charge on any atom is -0.480 e. The first-order chi connectivity index (χ1) is 9.53. The predicted octanol–water partition coefficient (Wildman–Crippen LogP) is 2.14. The van der Waals surface area contributed by atoms with Crippen molar-refractivity contribution in [2.45, 2.75) is 31.7 Å². The molecule has 1 unspecified atom stereocenters. The lowest BCUT2D eigenvalue weighted by atomic mass is 9.92. The van der Waals surface area contributed by atoms with Crippen LogP contribution in [0.2, 0.25) is 0 Å². The number of aryl methyl sites for hydroxylation is 1. The summed E-state index contributed by atoms with van der Waals surface area (Å²) >= 11 is 0. The maximum absolute atomic E-state index is 11.7. The topological polar surface area (TPSA) is 52.6 Å². The van der Waals surface area contributed by atoms with Crippen LogP contribution in [0.3, 0.4) is 0 Å². The molecule has 1 aromatic carbocycles. The molecule has 1 saturated carbocycles. The van der Waals surface area contributed by atoms with Gasteiger partial charge in [-0.3, -0.25) is 4.79 Å². The fourth-order valence-electron chi connectivity index (χ4n) is 2.79. The number of anilines is 1. The Morgan fingerprint density at radius 3 is 2.40 bits per heavy atom. The van der Waals surface area contributed by atoms with Crippen LogP contribution in [0.25, 0.3) is 0 Å². The summed E-state index contributed by atoms with van der Waals surface area (Å²) in [5, 5.41) is 12.7. The van der Waals surface area contributed by atoms with E-state index in [2.05, 4.69) is 36.5 Å². The molecule has 0 amide bonds. The van der Waals surface area contributed by atoms with Crippen LogP contribution < -0.4 is 10.2 Å². The van der Waals surface area contributed by atoms with Gasteiger partial charge in [-0.1, -0.05) is 19.1 Å². The highest BCUT2D eigenvalue weighted by Gasteiger charge is 2.50. The summed E-state index contributed by atoms with van der Waals surface area (Å²) in [4.78, 5) is 13.7. The Balaban J connectivity index is 2.15. The molecule has 0 aliphatic heterocycles. The smallest absolute Gasteiger partial charge is 0.326 e. The number of hydrogen-bond donors (Lipinski definition) is 2. The molecule has 1 atom stereocenters. The van der Waals surface area contributed by atoms with Gasteiger partial charge in [-0.05, 0) is 49.9 Å². The monoisotopic (exact) mass is 276 g/mol. The third-order valence-corrected chi connectivity index (χ3v) is 4.37. The van der Waals surface area contributed by atoms with Gasteiger partial charge in [-0.2, -0.15) is 0 Å². The number of nitrogens with zero attached hydrogens (tertiary/aromatic N) is 1. The summed E-state index contributed by atoms with van der Waals surface area (Å²) in [6.07, 6.45) is 3.01. The summed E-state index contributed by atoms with van der Waals surface area (Å²) in [5.74, 6) is -0.512. The number of likely N-dealkylation sites (N-methyl/N-ethyl adjacent to an activating group) is 2. The van der Waals surface area contributed by atoms with E-state index in [1.165, 1.54) is 5.56 Å². The summed E-state index contributed by atoms with van der Waals surface area (Å²) in [7, 11) is 3.71. The number of carbonyl (C=O) groups is 1. The molecule has 0 heterocycles. The molecular weight excluding hydrogens is 252 g/mol. The number of aliphatic carboxylic acids is 1. The second-order valence-electron chi connectivity index (χ2n) is 5.68. The fraction of sp³-hybridized carbons (Fsp3) is 0.562. The maximum atomic E-state index is 11.7. The molecule has 110 valence electrons. The highest BCUT2D eigenvalue weighted by molar-refractivity contribution is 5.81. The van der Waals surface area contributed by atoms with Gasteiger partial charge >= 0.3 is 5.97 Å². The van der Waals surface area contributed by atoms with Crippen LogP contribution >= 0.6 is 0 Å². The molecule has 0 radical (unpaired) electrons. The molecule has 4 nitrogen and oxygen atoms in total. The zero-order chi connectivity index (χ0) is 14.8. The van der Waals surface area contributed by atoms with Crippen LogP contribution in [-0.2, 0) is 11.2 Å².